The second kappa shape index (κ2) is 15.3. The van der Waals surface area contributed by atoms with Crippen molar-refractivity contribution in [3.8, 4) is 0 Å². The van der Waals surface area contributed by atoms with E-state index in [0.717, 1.165) is 29.7 Å². The molecule has 0 saturated heterocycles. The van der Waals surface area contributed by atoms with Crippen LogP contribution < -0.4 is 0 Å². The molecule has 0 aromatic rings. The van der Waals surface area contributed by atoms with Gasteiger partial charge in [-0.3, -0.25) is 0 Å². The third-order valence-corrected chi connectivity index (χ3v) is 3.93. The van der Waals surface area contributed by atoms with Crippen LogP contribution in [0.25, 0.3) is 0 Å². The molecule has 0 saturated carbocycles. The van der Waals surface area contributed by atoms with Gasteiger partial charge >= 0.3 is 0 Å². The van der Waals surface area contributed by atoms with Crippen molar-refractivity contribution in [1.82, 2.24) is 0 Å². The molecule has 0 aliphatic rings. The molecule has 0 rings (SSSR count). The zero-order valence-electron chi connectivity index (χ0n) is 19.6. The third-order valence-electron chi connectivity index (χ3n) is 3.93. The molecule has 3 heteroatoms. The number of allylic oxidation sites excluding steroid dienone is 10. The van der Waals surface area contributed by atoms with Gasteiger partial charge < -0.3 is 14.2 Å². The lowest BCUT2D eigenvalue weighted by Gasteiger charge is -2.17. The van der Waals surface area contributed by atoms with E-state index < -0.39 is 6.29 Å². The van der Waals surface area contributed by atoms with Crippen LogP contribution in [0.3, 0.4) is 0 Å². The summed E-state index contributed by atoms with van der Waals surface area (Å²) in [6.45, 7) is 26.7. The van der Waals surface area contributed by atoms with Crippen LogP contribution in [0.1, 0.15) is 47.5 Å². The van der Waals surface area contributed by atoms with Crippen molar-refractivity contribution in [2.24, 2.45) is 5.41 Å². The highest BCUT2D eigenvalue weighted by atomic mass is 16.7. The van der Waals surface area contributed by atoms with Gasteiger partial charge in [0.05, 0.1) is 6.61 Å². The summed E-state index contributed by atoms with van der Waals surface area (Å²) < 4.78 is 17.2. The molecule has 0 bridgehead atoms. The standard InChI is InChI=1S/C27H40O3/c1-10-15-22(4)23(5)21-25(12-3)29-20-19-28-24(6)30-26(16-11-2)17-13-14-18-27(7,8)9/h10-13,15-17,21,24H,2-5,14,18-20H2,1,6-9H3/b15-10-,17-13-,25-21+,26-16+. The molecule has 0 aromatic heterocycles. The van der Waals surface area contributed by atoms with Crippen molar-refractivity contribution in [3.63, 3.8) is 0 Å². The van der Waals surface area contributed by atoms with E-state index in [0.29, 0.717) is 24.4 Å². The first-order chi connectivity index (χ1) is 14.1. The van der Waals surface area contributed by atoms with Crippen LogP contribution in [0.15, 0.2) is 97.6 Å². The molecule has 0 heterocycles. The van der Waals surface area contributed by atoms with E-state index in [2.05, 4.69) is 53.2 Å². The van der Waals surface area contributed by atoms with Gasteiger partial charge in [-0.2, -0.15) is 0 Å². The van der Waals surface area contributed by atoms with Crippen molar-refractivity contribution < 1.29 is 14.2 Å². The molecule has 3 nitrogen and oxygen atoms in total. The van der Waals surface area contributed by atoms with Gasteiger partial charge in [-0.05, 0) is 67.6 Å². The van der Waals surface area contributed by atoms with Crippen LogP contribution >= 0.6 is 0 Å². The van der Waals surface area contributed by atoms with E-state index >= 15 is 0 Å². The molecule has 0 spiro atoms. The van der Waals surface area contributed by atoms with Crippen LogP contribution in [0.2, 0.25) is 0 Å². The lowest BCUT2D eigenvalue weighted by molar-refractivity contribution is -0.108. The molecule has 30 heavy (non-hydrogen) atoms. The topological polar surface area (TPSA) is 27.7 Å². The molecule has 0 fully saturated rings. The van der Waals surface area contributed by atoms with Gasteiger partial charge in [0.25, 0.3) is 0 Å². The fraction of sp³-hybridized carbons (Fsp3) is 0.407. The van der Waals surface area contributed by atoms with Crippen molar-refractivity contribution in [1.29, 1.82) is 0 Å². The molecule has 0 aromatic carbocycles. The maximum atomic E-state index is 5.84. The molecule has 0 aliphatic heterocycles. The first kappa shape index (κ1) is 27.5. The normalized spacial score (nSPS) is 14.0. The SMILES string of the molecule is C=C/C=C(\C=C/CCC(C)(C)C)OC(C)OCCO/C(C=C)=C/C(=C)C(=C)/C=C\C. The largest absolute Gasteiger partial charge is 0.491 e. The van der Waals surface area contributed by atoms with Crippen molar-refractivity contribution in [2.75, 3.05) is 13.2 Å². The maximum absolute atomic E-state index is 5.84. The second-order valence-electron chi connectivity index (χ2n) is 8.01. The summed E-state index contributed by atoms with van der Waals surface area (Å²) in [6.07, 6.45) is 16.6. The Bertz CT molecular complexity index is 681. The summed E-state index contributed by atoms with van der Waals surface area (Å²) in [4.78, 5) is 0. The van der Waals surface area contributed by atoms with E-state index in [9.17, 15) is 0 Å². The van der Waals surface area contributed by atoms with Gasteiger partial charge in [-0.1, -0.05) is 71.4 Å². The highest BCUT2D eigenvalue weighted by Crippen LogP contribution is 2.21. The molecule has 0 amide bonds. The summed E-state index contributed by atoms with van der Waals surface area (Å²) in [5.41, 5.74) is 1.92. The first-order valence-electron chi connectivity index (χ1n) is 10.4. The fourth-order valence-electron chi connectivity index (χ4n) is 2.30. The molecule has 0 N–H and O–H groups in total. The third kappa shape index (κ3) is 14.5. The maximum Gasteiger partial charge on any atom is 0.197 e. The van der Waals surface area contributed by atoms with Gasteiger partial charge in [0.1, 0.15) is 18.1 Å². The Balaban J connectivity index is 4.48. The summed E-state index contributed by atoms with van der Waals surface area (Å²) in [5, 5.41) is 0. The number of rotatable bonds is 15. The van der Waals surface area contributed by atoms with Crippen molar-refractivity contribution in [3.05, 3.63) is 97.6 Å². The smallest absolute Gasteiger partial charge is 0.197 e. The average molecular weight is 413 g/mol. The first-order valence-corrected chi connectivity index (χ1v) is 10.4. The Morgan fingerprint density at radius 2 is 1.70 bits per heavy atom. The Labute approximate surface area is 184 Å². The zero-order chi connectivity index (χ0) is 23.0. The summed E-state index contributed by atoms with van der Waals surface area (Å²) >= 11 is 0. The number of ether oxygens (including phenoxy) is 3. The molecule has 0 aliphatic carbocycles. The van der Waals surface area contributed by atoms with Gasteiger partial charge in [-0.25, -0.2) is 0 Å². The van der Waals surface area contributed by atoms with Gasteiger partial charge in [0.2, 0.25) is 0 Å². The molecular weight excluding hydrogens is 372 g/mol. The Hall–Kier alpha value is -2.52. The quantitative estimate of drug-likeness (QED) is 0.120. The Morgan fingerprint density at radius 3 is 2.27 bits per heavy atom. The van der Waals surface area contributed by atoms with E-state index in [-0.39, 0.29) is 0 Å². The molecule has 0 radical (unpaired) electrons. The van der Waals surface area contributed by atoms with E-state index in [1.165, 1.54) is 0 Å². The van der Waals surface area contributed by atoms with E-state index in [4.69, 9.17) is 14.2 Å². The monoisotopic (exact) mass is 412 g/mol. The molecule has 166 valence electrons. The minimum absolute atomic E-state index is 0.314. The van der Waals surface area contributed by atoms with Crippen LogP contribution in [-0.4, -0.2) is 19.5 Å². The number of hydrogen-bond acceptors (Lipinski definition) is 3. The van der Waals surface area contributed by atoms with Crippen LogP contribution in [0, 0.1) is 5.41 Å². The Kier molecular flexibility index (Phi) is 14.0. The average Bonchev–Trinajstić information content (AvgIpc) is 2.66. The molecular formula is C27H40O3. The summed E-state index contributed by atoms with van der Waals surface area (Å²) in [7, 11) is 0. The van der Waals surface area contributed by atoms with Gasteiger partial charge in [-0.15, -0.1) is 0 Å². The van der Waals surface area contributed by atoms with Crippen LogP contribution in [0.5, 0.6) is 0 Å². The number of hydrogen-bond donors (Lipinski definition) is 0. The lowest BCUT2D eigenvalue weighted by Crippen LogP contribution is -2.15. The van der Waals surface area contributed by atoms with Gasteiger partial charge in [0.15, 0.2) is 6.29 Å². The van der Waals surface area contributed by atoms with Crippen LogP contribution in [-0.2, 0) is 14.2 Å². The summed E-state index contributed by atoms with van der Waals surface area (Å²) in [6, 6.07) is 0. The molecule has 1 unspecified atom stereocenters. The molecule has 1 atom stereocenters. The van der Waals surface area contributed by atoms with E-state index in [1.807, 2.05) is 44.2 Å². The van der Waals surface area contributed by atoms with Crippen molar-refractivity contribution >= 4 is 0 Å². The van der Waals surface area contributed by atoms with Crippen LogP contribution in [0.4, 0.5) is 0 Å². The Morgan fingerprint density at radius 1 is 1.00 bits per heavy atom. The van der Waals surface area contributed by atoms with Gasteiger partial charge in [0, 0.05) is 0 Å². The highest BCUT2D eigenvalue weighted by molar-refractivity contribution is 5.44. The highest BCUT2D eigenvalue weighted by Gasteiger charge is 2.08. The van der Waals surface area contributed by atoms with E-state index in [1.54, 1.807) is 12.2 Å². The fourth-order valence-corrected chi connectivity index (χ4v) is 2.30. The lowest BCUT2D eigenvalue weighted by atomic mass is 9.90. The van der Waals surface area contributed by atoms with Crippen molar-refractivity contribution in [2.45, 2.75) is 53.8 Å². The minimum Gasteiger partial charge on any atom is -0.491 e. The summed E-state index contributed by atoms with van der Waals surface area (Å²) in [5.74, 6) is 1.34. The zero-order valence-corrected chi connectivity index (χ0v) is 19.6. The minimum atomic E-state index is -0.410. The predicted octanol–water partition coefficient (Wildman–Crippen LogP) is 7.59. The predicted molar refractivity (Wildman–Crippen MR) is 130 cm³/mol. The second-order valence-corrected chi connectivity index (χ2v) is 8.01.